The van der Waals surface area contributed by atoms with E-state index in [1.807, 2.05) is 11.8 Å². The van der Waals surface area contributed by atoms with Gasteiger partial charge in [-0.25, -0.2) is 4.99 Å². The van der Waals surface area contributed by atoms with Gasteiger partial charge in [-0.1, -0.05) is 12.8 Å². The lowest BCUT2D eigenvalue weighted by molar-refractivity contribution is -0.134. The molecule has 4 N–H and O–H groups in total. The average Bonchev–Trinajstić information content (AvgIpc) is 3.40. The number of nitrogens with zero attached hydrogens (tertiary/aromatic N) is 2. The highest BCUT2D eigenvalue weighted by Crippen LogP contribution is 2.27. The lowest BCUT2D eigenvalue weighted by Gasteiger charge is -2.21. The molecule has 1 saturated heterocycles. The van der Waals surface area contributed by atoms with Crippen molar-refractivity contribution in [3.05, 3.63) is 23.7 Å². The molecule has 2 aliphatic rings. The summed E-state index contributed by atoms with van der Waals surface area (Å²) in [6, 6.07) is 3.44. The third-order valence-corrected chi connectivity index (χ3v) is 5.19. The lowest BCUT2D eigenvalue weighted by atomic mass is 10.1. The Morgan fingerprint density at radius 1 is 1.30 bits per heavy atom. The molecule has 1 aliphatic carbocycles. The first kappa shape index (κ1) is 19.3. The second-order valence-corrected chi connectivity index (χ2v) is 7.22. The molecule has 1 aliphatic heterocycles. The molecular formula is C19H29N5O3. The Morgan fingerprint density at radius 2 is 2.07 bits per heavy atom. The summed E-state index contributed by atoms with van der Waals surface area (Å²) in [7, 11) is 0. The third-order valence-electron chi connectivity index (χ3n) is 5.19. The van der Waals surface area contributed by atoms with E-state index in [2.05, 4.69) is 15.6 Å². The number of likely N-dealkylation sites (tertiary alicyclic amines) is 1. The topological polar surface area (TPSA) is 113 Å². The van der Waals surface area contributed by atoms with Crippen molar-refractivity contribution in [3.8, 4) is 0 Å². The molecule has 2 fully saturated rings. The van der Waals surface area contributed by atoms with Gasteiger partial charge in [-0.3, -0.25) is 9.59 Å². The Labute approximate surface area is 159 Å². The lowest BCUT2D eigenvalue weighted by Crippen LogP contribution is -2.45. The minimum Gasteiger partial charge on any atom is -0.454 e. The van der Waals surface area contributed by atoms with Crippen LogP contribution in [-0.4, -0.2) is 48.3 Å². The van der Waals surface area contributed by atoms with E-state index in [9.17, 15) is 9.59 Å². The zero-order chi connectivity index (χ0) is 19.2. The van der Waals surface area contributed by atoms with Gasteiger partial charge in [0.1, 0.15) is 12.3 Å². The molecule has 8 heteroatoms. The summed E-state index contributed by atoms with van der Waals surface area (Å²) in [5.41, 5.74) is 5.20. The number of nitrogens with one attached hydrogen (secondary N) is 2. The minimum atomic E-state index is -0.590. The molecule has 0 spiro atoms. The quantitative estimate of drug-likeness (QED) is 0.511. The summed E-state index contributed by atoms with van der Waals surface area (Å²) in [5.74, 6) is 1.33. The van der Waals surface area contributed by atoms with Gasteiger partial charge >= 0.3 is 0 Å². The zero-order valence-corrected chi connectivity index (χ0v) is 15.9. The SMILES string of the molecule is CCNC(=NCc1ccc(C(N)=O)o1)NC1CCN(C(=O)C2CCCC2)C1. The predicted molar refractivity (Wildman–Crippen MR) is 102 cm³/mol. The van der Waals surface area contributed by atoms with Gasteiger partial charge in [-0.15, -0.1) is 0 Å². The molecule has 8 nitrogen and oxygen atoms in total. The van der Waals surface area contributed by atoms with Crippen molar-refractivity contribution in [1.82, 2.24) is 15.5 Å². The fraction of sp³-hybridized carbons (Fsp3) is 0.632. The maximum absolute atomic E-state index is 12.6. The normalized spacial score (nSPS) is 20.9. The van der Waals surface area contributed by atoms with Gasteiger partial charge in [0.15, 0.2) is 11.7 Å². The van der Waals surface area contributed by atoms with Crippen LogP contribution in [0.2, 0.25) is 0 Å². The predicted octanol–water partition coefficient (Wildman–Crippen LogP) is 1.22. The highest BCUT2D eigenvalue weighted by molar-refractivity contribution is 5.89. The van der Waals surface area contributed by atoms with Crippen molar-refractivity contribution in [2.75, 3.05) is 19.6 Å². The van der Waals surface area contributed by atoms with Crippen LogP contribution in [0.4, 0.5) is 0 Å². The van der Waals surface area contributed by atoms with E-state index < -0.39 is 5.91 Å². The van der Waals surface area contributed by atoms with Gasteiger partial charge in [0.25, 0.3) is 5.91 Å². The van der Waals surface area contributed by atoms with Crippen molar-refractivity contribution in [1.29, 1.82) is 0 Å². The number of nitrogens with two attached hydrogens (primary N) is 1. The van der Waals surface area contributed by atoms with Gasteiger partial charge in [0.2, 0.25) is 5.91 Å². The highest BCUT2D eigenvalue weighted by Gasteiger charge is 2.32. The van der Waals surface area contributed by atoms with E-state index >= 15 is 0 Å². The number of carbonyl (C=O) groups is 2. The Hall–Kier alpha value is -2.51. The Bertz CT molecular complexity index is 693. The van der Waals surface area contributed by atoms with Crippen LogP contribution in [0.1, 0.15) is 55.3 Å². The third kappa shape index (κ3) is 5.02. The summed E-state index contributed by atoms with van der Waals surface area (Å²) in [4.78, 5) is 30.2. The smallest absolute Gasteiger partial charge is 0.284 e. The van der Waals surface area contributed by atoms with Crippen LogP contribution in [-0.2, 0) is 11.3 Å². The van der Waals surface area contributed by atoms with Crippen LogP contribution < -0.4 is 16.4 Å². The van der Waals surface area contributed by atoms with Crippen LogP contribution in [0, 0.1) is 5.92 Å². The number of hydrogen-bond donors (Lipinski definition) is 3. The molecular weight excluding hydrogens is 346 g/mol. The zero-order valence-electron chi connectivity index (χ0n) is 15.9. The minimum absolute atomic E-state index is 0.134. The van der Waals surface area contributed by atoms with Crippen LogP contribution in [0.25, 0.3) is 0 Å². The molecule has 1 aromatic heterocycles. The van der Waals surface area contributed by atoms with Crippen LogP contribution in [0.15, 0.2) is 21.5 Å². The summed E-state index contributed by atoms with van der Waals surface area (Å²) < 4.78 is 5.36. The number of amides is 2. The van der Waals surface area contributed by atoms with E-state index in [4.69, 9.17) is 10.2 Å². The van der Waals surface area contributed by atoms with E-state index in [0.717, 1.165) is 32.4 Å². The second kappa shape index (κ2) is 8.92. The molecule has 0 radical (unpaired) electrons. The first-order valence-corrected chi connectivity index (χ1v) is 9.79. The Kier molecular flexibility index (Phi) is 6.36. The molecule has 1 aromatic rings. The number of rotatable bonds is 6. The number of guanidine groups is 1. The standard InChI is InChI=1S/C19H29N5O3/c1-2-21-19(22-11-15-7-8-16(27-15)17(20)25)23-14-9-10-24(12-14)18(26)13-5-3-4-6-13/h7-8,13-14H,2-6,9-12H2,1H3,(H2,20,25)(H2,21,22,23). The monoisotopic (exact) mass is 375 g/mol. The van der Waals surface area contributed by atoms with Crippen molar-refractivity contribution < 1.29 is 14.0 Å². The number of primary amides is 1. The van der Waals surface area contributed by atoms with Gasteiger partial charge in [-0.05, 0) is 38.3 Å². The maximum Gasteiger partial charge on any atom is 0.284 e. The van der Waals surface area contributed by atoms with Crippen LogP contribution in [0.3, 0.4) is 0 Å². The number of furan rings is 1. The molecule has 3 rings (SSSR count). The average molecular weight is 375 g/mol. The molecule has 148 valence electrons. The summed E-state index contributed by atoms with van der Waals surface area (Å²) in [5, 5.41) is 6.61. The van der Waals surface area contributed by atoms with Crippen molar-refractivity contribution >= 4 is 17.8 Å². The number of carbonyl (C=O) groups excluding carboxylic acids is 2. The van der Waals surface area contributed by atoms with Gasteiger partial charge in [0, 0.05) is 31.6 Å². The Morgan fingerprint density at radius 3 is 2.74 bits per heavy atom. The van der Waals surface area contributed by atoms with E-state index in [1.165, 1.54) is 12.8 Å². The fourth-order valence-electron chi connectivity index (χ4n) is 3.77. The number of aliphatic imine (C=N–C) groups is 1. The molecule has 0 aromatic carbocycles. The highest BCUT2D eigenvalue weighted by atomic mass is 16.3. The summed E-state index contributed by atoms with van der Waals surface area (Å²) in [6.45, 7) is 4.55. The molecule has 2 heterocycles. The van der Waals surface area contributed by atoms with Crippen LogP contribution in [0.5, 0.6) is 0 Å². The van der Waals surface area contributed by atoms with Gasteiger partial charge in [0.05, 0.1) is 0 Å². The van der Waals surface area contributed by atoms with E-state index in [-0.39, 0.29) is 17.7 Å². The van der Waals surface area contributed by atoms with Crippen molar-refractivity contribution in [2.45, 2.75) is 51.6 Å². The number of hydrogen-bond acceptors (Lipinski definition) is 4. The van der Waals surface area contributed by atoms with E-state index in [1.54, 1.807) is 12.1 Å². The van der Waals surface area contributed by atoms with Gasteiger partial charge < -0.3 is 25.7 Å². The molecule has 1 saturated carbocycles. The molecule has 0 bridgehead atoms. The summed E-state index contributed by atoms with van der Waals surface area (Å²) in [6.07, 6.45) is 5.33. The summed E-state index contributed by atoms with van der Waals surface area (Å²) >= 11 is 0. The second-order valence-electron chi connectivity index (χ2n) is 7.22. The first-order chi connectivity index (χ1) is 13.1. The largest absolute Gasteiger partial charge is 0.454 e. The van der Waals surface area contributed by atoms with Crippen LogP contribution >= 0.6 is 0 Å². The van der Waals surface area contributed by atoms with Crippen molar-refractivity contribution in [3.63, 3.8) is 0 Å². The molecule has 1 unspecified atom stereocenters. The Balaban J connectivity index is 1.54. The molecule has 1 atom stereocenters. The molecule has 27 heavy (non-hydrogen) atoms. The van der Waals surface area contributed by atoms with E-state index in [0.29, 0.717) is 30.7 Å². The fourth-order valence-corrected chi connectivity index (χ4v) is 3.77. The maximum atomic E-state index is 12.6. The van der Waals surface area contributed by atoms with Gasteiger partial charge in [-0.2, -0.15) is 0 Å². The molecule has 2 amide bonds. The first-order valence-electron chi connectivity index (χ1n) is 9.79. The van der Waals surface area contributed by atoms with Crippen molar-refractivity contribution in [2.24, 2.45) is 16.6 Å².